The lowest BCUT2D eigenvalue weighted by Crippen LogP contribution is -2.40. The fourth-order valence-corrected chi connectivity index (χ4v) is 3.20. The minimum atomic E-state index is -4.06. The number of hydrogen-bond donors (Lipinski definition) is 0. The van der Waals surface area contributed by atoms with Crippen molar-refractivity contribution in [2.45, 2.75) is 44.7 Å². The zero-order valence-electron chi connectivity index (χ0n) is 11.3. The number of anilines is 1. The number of rotatable bonds is 1. The Morgan fingerprint density at radius 1 is 1.05 bits per heavy atom. The van der Waals surface area contributed by atoms with Crippen molar-refractivity contribution in [1.29, 1.82) is 0 Å². The molecule has 1 aliphatic heterocycles. The molecule has 1 aromatic rings. The Labute approximate surface area is 116 Å². The van der Waals surface area contributed by atoms with Gasteiger partial charge in [-0.15, -0.1) is 0 Å². The zero-order chi connectivity index (χ0) is 14.2. The molecule has 0 atom stereocenters. The Kier molecular flexibility index (Phi) is 3.56. The molecular formula is C14H18F3N3. The van der Waals surface area contributed by atoms with Gasteiger partial charge in [0.15, 0.2) is 0 Å². The second-order valence-corrected chi connectivity index (χ2v) is 5.63. The molecule has 0 unspecified atom stereocenters. The van der Waals surface area contributed by atoms with Crippen molar-refractivity contribution in [3.05, 3.63) is 17.6 Å². The van der Waals surface area contributed by atoms with Gasteiger partial charge in [0.25, 0.3) is 0 Å². The predicted octanol–water partition coefficient (Wildman–Crippen LogP) is 3.13. The molecule has 0 saturated carbocycles. The zero-order valence-corrected chi connectivity index (χ0v) is 11.3. The van der Waals surface area contributed by atoms with Crippen LogP contribution in [-0.4, -0.2) is 29.2 Å². The predicted molar refractivity (Wildman–Crippen MR) is 69.7 cm³/mol. The van der Waals surface area contributed by atoms with Crippen LogP contribution in [0.4, 0.5) is 19.0 Å². The number of aryl methyl sites for hydroxylation is 1. The monoisotopic (exact) mass is 285 g/mol. The van der Waals surface area contributed by atoms with E-state index in [0.29, 0.717) is 13.1 Å². The maximum Gasteiger partial charge on any atom is 0.391 e. The number of alkyl halides is 3. The SMILES string of the molecule is FC(F)(F)C1CCN(c2ncnc3c2CCCC3)CC1. The summed E-state index contributed by atoms with van der Waals surface area (Å²) in [5.41, 5.74) is 2.24. The lowest BCUT2D eigenvalue weighted by molar-refractivity contribution is -0.179. The van der Waals surface area contributed by atoms with E-state index in [1.165, 1.54) is 0 Å². The van der Waals surface area contributed by atoms with Crippen molar-refractivity contribution < 1.29 is 13.2 Å². The van der Waals surface area contributed by atoms with Crippen LogP contribution in [0.2, 0.25) is 0 Å². The molecule has 0 radical (unpaired) electrons. The molecule has 1 aliphatic carbocycles. The second-order valence-electron chi connectivity index (χ2n) is 5.63. The van der Waals surface area contributed by atoms with Crippen LogP contribution < -0.4 is 4.90 Å². The van der Waals surface area contributed by atoms with Crippen LogP contribution in [0.15, 0.2) is 6.33 Å². The van der Waals surface area contributed by atoms with Crippen molar-refractivity contribution in [2.75, 3.05) is 18.0 Å². The number of fused-ring (bicyclic) bond motifs is 1. The third-order valence-electron chi connectivity index (χ3n) is 4.36. The van der Waals surface area contributed by atoms with Gasteiger partial charge in [-0.2, -0.15) is 13.2 Å². The van der Waals surface area contributed by atoms with Crippen molar-refractivity contribution >= 4 is 5.82 Å². The van der Waals surface area contributed by atoms with E-state index in [9.17, 15) is 13.2 Å². The first-order valence-electron chi connectivity index (χ1n) is 7.20. The minimum Gasteiger partial charge on any atom is -0.356 e. The average Bonchev–Trinajstić information content (AvgIpc) is 2.46. The Morgan fingerprint density at radius 2 is 1.75 bits per heavy atom. The Balaban J connectivity index is 1.76. The van der Waals surface area contributed by atoms with Crippen LogP contribution in [0.5, 0.6) is 0 Å². The van der Waals surface area contributed by atoms with E-state index in [1.54, 1.807) is 6.33 Å². The standard InChI is InChI=1S/C14H18F3N3/c15-14(16,17)10-5-7-20(8-6-10)13-11-3-1-2-4-12(11)18-9-19-13/h9-10H,1-8H2. The molecule has 0 N–H and O–H groups in total. The van der Waals surface area contributed by atoms with Gasteiger partial charge in [0.1, 0.15) is 12.1 Å². The second kappa shape index (κ2) is 5.22. The van der Waals surface area contributed by atoms with Gasteiger partial charge in [-0.3, -0.25) is 0 Å². The van der Waals surface area contributed by atoms with E-state index in [0.717, 1.165) is 42.8 Å². The Bertz CT molecular complexity index is 479. The molecule has 0 bridgehead atoms. The smallest absolute Gasteiger partial charge is 0.356 e. The molecular weight excluding hydrogens is 267 g/mol. The normalized spacial score (nSPS) is 20.9. The van der Waals surface area contributed by atoms with Crippen LogP contribution in [0.1, 0.15) is 36.9 Å². The van der Waals surface area contributed by atoms with Crippen LogP contribution in [-0.2, 0) is 12.8 Å². The molecule has 2 aliphatic rings. The largest absolute Gasteiger partial charge is 0.391 e. The number of piperidine rings is 1. The first-order chi connectivity index (χ1) is 9.55. The minimum absolute atomic E-state index is 0.169. The molecule has 1 fully saturated rings. The van der Waals surface area contributed by atoms with Crippen molar-refractivity contribution in [3.8, 4) is 0 Å². The molecule has 110 valence electrons. The first-order valence-corrected chi connectivity index (χ1v) is 7.20. The van der Waals surface area contributed by atoms with Crippen LogP contribution in [0.25, 0.3) is 0 Å². The number of halogens is 3. The summed E-state index contributed by atoms with van der Waals surface area (Å²) in [6.45, 7) is 0.876. The van der Waals surface area contributed by atoms with Crippen LogP contribution >= 0.6 is 0 Å². The fraction of sp³-hybridized carbons (Fsp3) is 0.714. The maximum absolute atomic E-state index is 12.7. The van der Waals surface area contributed by atoms with Gasteiger partial charge in [0.2, 0.25) is 0 Å². The maximum atomic E-state index is 12.7. The molecule has 1 saturated heterocycles. The van der Waals surface area contributed by atoms with Crippen LogP contribution in [0.3, 0.4) is 0 Å². The van der Waals surface area contributed by atoms with Gasteiger partial charge < -0.3 is 4.90 Å². The molecule has 1 aromatic heterocycles. The van der Waals surface area contributed by atoms with E-state index < -0.39 is 12.1 Å². The lowest BCUT2D eigenvalue weighted by atomic mass is 9.93. The van der Waals surface area contributed by atoms with E-state index in [1.807, 2.05) is 4.90 Å². The highest BCUT2D eigenvalue weighted by molar-refractivity contribution is 5.49. The van der Waals surface area contributed by atoms with Gasteiger partial charge >= 0.3 is 6.18 Å². The quantitative estimate of drug-likeness (QED) is 0.794. The molecule has 0 aromatic carbocycles. The summed E-state index contributed by atoms with van der Waals surface area (Å²) in [4.78, 5) is 10.7. The molecule has 20 heavy (non-hydrogen) atoms. The highest BCUT2D eigenvalue weighted by Crippen LogP contribution is 2.36. The summed E-state index contributed by atoms with van der Waals surface area (Å²) >= 11 is 0. The Hall–Kier alpha value is -1.33. The average molecular weight is 285 g/mol. The van der Waals surface area contributed by atoms with E-state index in [4.69, 9.17) is 0 Å². The van der Waals surface area contributed by atoms with Crippen molar-refractivity contribution in [3.63, 3.8) is 0 Å². The molecule has 3 nitrogen and oxygen atoms in total. The molecule has 3 rings (SSSR count). The molecule has 0 spiro atoms. The molecule has 0 amide bonds. The number of nitrogens with zero attached hydrogens (tertiary/aromatic N) is 3. The Morgan fingerprint density at radius 3 is 2.45 bits per heavy atom. The van der Waals surface area contributed by atoms with Gasteiger partial charge in [-0.05, 0) is 38.5 Å². The summed E-state index contributed by atoms with van der Waals surface area (Å²) < 4.78 is 38.1. The number of hydrogen-bond acceptors (Lipinski definition) is 3. The van der Waals surface area contributed by atoms with Crippen LogP contribution in [0, 0.1) is 5.92 Å². The highest BCUT2D eigenvalue weighted by Gasteiger charge is 2.41. The third-order valence-corrected chi connectivity index (χ3v) is 4.36. The van der Waals surface area contributed by atoms with E-state index in [2.05, 4.69) is 9.97 Å². The first kappa shape index (κ1) is 13.6. The van der Waals surface area contributed by atoms with Gasteiger partial charge in [0.05, 0.1) is 5.92 Å². The van der Waals surface area contributed by atoms with Crippen molar-refractivity contribution in [2.24, 2.45) is 5.92 Å². The van der Waals surface area contributed by atoms with Gasteiger partial charge in [-0.25, -0.2) is 9.97 Å². The lowest BCUT2D eigenvalue weighted by Gasteiger charge is -2.35. The molecule has 2 heterocycles. The summed E-state index contributed by atoms with van der Waals surface area (Å²) in [6.07, 6.45) is 2.00. The summed E-state index contributed by atoms with van der Waals surface area (Å²) in [5.74, 6) is -0.285. The topological polar surface area (TPSA) is 29.0 Å². The molecule has 6 heteroatoms. The van der Waals surface area contributed by atoms with Gasteiger partial charge in [0, 0.05) is 24.3 Å². The summed E-state index contributed by atoms with van der Waals surface area (Å²) in [6, 6.07) is 0. The summed E-state index contributed by atoms with van der Waals surface area (Å²) in [5, 5.41) is 0. The van der Waals surface area contributed by atoms with E-state index >= 15 is 0 Å². The third kappa shape index (κ3) is 2.60. The summed E-state index contributed by atoms with van der Waals surface area (Å²) in [7, 11) is 0. The van der Waals surface area contributed by atoms with Gasteiger partial charge in [-0.1, -0.05) is 0 Å². The van der Waals surface area contributed by atoms with Crippen molar-refractivity contribution in [1.82, 2.24) is 9.97 Å². The number of aromatic nitrogens is 2. The highest BCUT2D eigenvalue weighted by atomic mass is 19.4. The fourth-order valence-electron chi connectivity index (χ4n) is 3.20. The van der Waals surface area contributed by atoms with E-state index in [-0.39, 0.29) is 12.8 Å².